The molecule has 0 fully saturated rings. The third kappa shape index (κ3) is 2.59. The molecule has 4 nitrogen and oxygen atoms in total. The highest BCUT2D eigenvalue weighted by Crippen LogP contribution is 2.15. The van der Waals surface area contributed by atoms with Gasteiger partial charge in [-0.3, -0.25) is 0 Å². The Hall–Kier alpha value is -2.88. The highest BCUT2D eigenvalue weighted by Gasteiger charge is 2.14. The van der Waals surface area contributed by atoms with E-state index in [0.717, 1.165) is 17.2 Å². The van der Waals surface area contributed by atoms with Gasteiger partial charge in [-0.15, -0.1) is 0 Å². The third-order valence-corrected chi connectivity index (χ3v) is 2.90. The molecule has 3 rings (SSSR count). The van der Waals surface area contributed by atoms with Gasteiger partial charge in [0.2, 0.25) is 0 Å². The summed E-state index contributed by atoms with van der Waals surface area (Å²) >= 11 is 0. The molecule has 0 atom stereocenters. The first kappa shape index (κ1) is 12.2. The zero-order valence-corrected chi connectivity index (χ0v) is 10.9. The van der Waals surface area contributed by atoms with Crippen LogP contribution in [-0.2, 0) is 0 Å². The second kappa shape index (κ2) is 5.40. The SMILES string of the molecule is Nc1cn[n+](-c2ccccc2)c(Nc2ccccc2)c1. The Labute approximate surface area is 117 Å². The number of nitrogens with one attached hydrogen (secondary N) is 1. The molecule has 0 amide bonds. The minimum absolute atomic E-state index is 0.621. The molecule has 0 bridgehead atoms. The van der Waals surface area contributed by atoms with E-state index in [0.29, 0.717) is 5.69 Å². The summed E-state index contributed by atoms with van der Waals surface area (Å²) in [5, 5.41) is 7.71. The summed E-state index contributed by atoms with van der Waals surface area (Å²) in [6, 6.07) is 21.7. The number of anilines is 3. The Bertz CT molecular complexity index is 696. The van der Waals surface area contributed by atoms with Crippen LogP contribution >= 0.6 is 0 Å². The molecule has 3 N–H and O–H groups in total. The number of hydrogen-bond acceptors (Lipinski definition) is 3. The number of nitrogens with two attached hydrogens (primary N) is 1. The molecule has 0 saturated heterocycles. The molecule has 98 valence electrons. The fraction of sp³-hybridized carbons (Fsp3) is 0. The van der Waals surface area contributed by atoms with Gasteiger partial charge in [0.15, 0.2) is 5.69 Å². The summed E-state index contributed by atoms with van der Waals surface area (Å²) in [5.74, 6) is 0.822. The molecule has 1 aromatic heterocycles. The average Bonchev–Trinajstić information content (AvgIpc) is 2.49. The molecule has 0 unspecified atom stereocenters. The summed E-state index contributed by atoms with van der Waals surface area (Å²) in [7, 11) is 0. The zero-order chi connectivity index (χ0) is 13.8. The fourth-order valence-electron chi connectivity index (χ4n) is 1.98. The van der Waals surface area contributed by atoms with Crippen molar-refractivity contribution in [3.63, 3.8) is 0 Å². The number of rotatable bonds is 3. The zero-order valence-electron chi connectivity index (χ0n) is 10.9. The van der Waals surface area contributed by atoms with Crippen LogP contribution in [0, 0.1) is 0 Å². The third-order valence-electron chi connectivity index (χ3n) is 2.90. The normalized spacial score (nSPS) is 10.2. The molecule has 0 spiro atoms. The summed E-state index contributed by atoms with van der Waals surface area (Å²) in [4.78, 5) is 0. The second-order valence-corrected chi connectivity index (χ2v) is 4.41. The van der Waals surface area contributed by atoms with Gasteiger partial charge >= 0.3 is 5.82 Å². The van der Waals surface area contributed by atoms with E-state index in [1.807, 2.05) is 71.4 Å². The van der Waals surface area contributed by atoms with Crippen molar-refractivity contribution in [2.75, 3.05) is 11.1 Å². The maximum atomic E-state index is 5.84. The first-order valence-corrected chi connectivity index (χ1v) is 6.38. The van der Waals surface area contributed by atoms with Gasteiger partial charge < -0.3 is 5.73 Å². The Morgan fingerprint density at radius 3 is 2.25 bits per heavy atom. The Morgan fingerprint density at radius 1 is 0.900 bits per heavy atom. The van der Waals surface area contributed by atoms with E-state index in [1.165, 1.54) is 0 Å². The quantitative estimate of drug-likeness (QED) is 0.714. The number of para-hydroxylation sites is 2. The van der Waals surface area contributed by atoms with Gasteiger partial charge in [0.1, 0.15) is 5.69 Å². The van der Waals surface area contributed by atoms with Gasteiger partial charge in [-0.2, -0.15) is 0 Å². The van der Waals surface area contributed by atoms with E-state index in [4.69, 9.17) is 5.73 Å². The van der Waals surface area contributed by atoms with Gasteiger partial charge in [-0.1, -0.05) is 46.2 Å². The molecule has 3 aromatic rings. The van der Waals surface area contributed by atoms with Crippen molar-refractivity contribution in [3.8, 4) is 5.69 Å². The van der Waals surface area contributed by atoms with Crippen molar-refractivity contribution in [1.82, 2.24) is 5.10 Å². The number of aromatic nitrogens is 2. The van der Waals surface area contributed by atoms with E-state index >= 15 is 0 Å². The Morgan fingerprint density at radius 2 is 1.55 bits per heavy atom. The average molecular weight is 263 g/mol. The van der Waals surface area contributed by atoms with Crippen LogP contribution in [-0.4, -0.2) is 5.10 Å². The van der Waals surface area contributed by atoms with Gasteiger partial charge in [-0.25, -0.2) is 5.32 Å². The van der Waals surface area contributed by atoms with Crippen molar-refractivity contribution in [2.45, 2.75) is 0 Å². The molecule has 0 radical (unpaired) electrons. The molecule has 0 aliphatic rings. The van der Waals surface area contributed by atoms with Crippen molar-refractivity contribution in [2.24, 2.45) is 0 Å². The number of nitrogen functional groups attached to an aromatic ring is 1. The lowest BCUT2D eigenvalue weighted by Crippen LogP contribution is -2.37. The molecule has 0 aliphatic heterocycles. The number of benzene rings is 2. The van der Waals surface area contributed by atoms with Crippen LogP contribution in [0.5, 0.6) is 0 Å². The summed E-state index contributed by atoms with van der Waals surface area (Å²) in [5.41, 5.74) is 8.43. The lowest BCUT2D eigenvalue weighted by atomic mass is 10.3. The van der Waals surface area contributed by atoms with Crippen molar-refractivity contribution in [1.29, 1.82) is 0 Å². The van der Waals surface area contributed by atoms with Crippen LogP contribution in [0.1, 0.15) is 0 Å². The van der Waals surface area contributed by atoms with E-state index in [-0.39, 0.29) is 0 Å². The molecule has 0 aliphatic carbocycles. The van der Waals surface area contributed by atoms with Crippen molar-refractivity contribution < 1.29 is 4.68 Å². The van der Waals surface area contributed by atoms with Crippen molar-refractivity contribution in [3.05, 3.63) is 72.9 Å². The standard InChI is InChI=1S/C16H14N4/c17-13-11-16(19-14-7-3-1-4-8-14)20(18-12-13)15-9-5-2-6-10-15/h1-12H,(H2,17,19)/p+1. The summed E-state index contributed by atoms with van der Waals surface area (Å²) in [6.07, 6.45) is 1.64. The molecule has 4 heteroatoms. The van der Waals surface area contributed by atoms with Crippen LogP contribution in [0.15, 0.2) is 72.9 Å². The molecule has 2 aromatic carbocycles. The predicted molar refractivity (Wildman–Crippen MR) is 79.9 cm³/mol. The second-order valence-electron chi connectivity index (χ2n) is 4.41. The monoisotopic (exact) mass is 263 g/mol. The van der Waals surface area contributed by atoms with Crippen LogP contribution < -0.4 is 15.7 Å². The van der Waals surface area contributed by atoms with Crippen molar-refractivity contribution >= 4 is 17.2 Å². The van der Waals surface area contributed by atoms with E-state index in [2.05, 4.69) is 10.4 Å². The van der Waals surface area contributed by atoms with Gasteiger partial charge in [0.05, 0.1) is 18.0 Å². The largest absolute Gasteiger partial charge is 0.397 e. The topological polar surface area (TPSA) is 54.8 Å². The number of hydrogen-bond donors (Lipinski definition) is 2. The molecular weight excluding hydrogens is 248 g/mol. The number of nitrogens with zero attached hydrogens (tertiary/aromatic N) is 2. The highest BCUT2D eigenvalue weighted by atomic mass is 15.3. The van der Waals surface area contributed by atoms with Crippen LogP contribution in [0.4, 0.5) is 17.2 Å². The Kier molecular flexibility index (Phi) is 3.29. The molecule has 1 heterocycles. The van der Waals surface area contributed by atoms with Crippen LogP contribution in [0.25, 0.3) is 5.69 Å². The minimum atomic E-state index is 0.621. The molecule has 0 saturated carbocycles. The highest BCUT2D eigenvalue weighted by molar-refractivity contribution is 5.57. The first-order chi connectivity index (χ1) is 9.83. The molecular formula is C16H15N4+. The van der Waals surface area contributed by atoms with E-state index < -0.39 is 0 Å². The lowest BCUT2D eigenvalue weighted by molar-refractivity contribution is -0.645. The first-order valence-electron chi connectivity index (χ1n) is 6.38. The predicted octanol–water partition coefficient (Wildman–Crippen LogP) is 2.68. The lowest BCUT2D eigenvalue weighted by Gasteiger charge is -2.05. The van der Waals surface area contributed by atoms with E-state index in [9.17, 15) is 0 Å². The Balaban J connectivity index is 2.03. The minimum Gasteiger partial charge on any atom is -0.397 e. The fourth-order valence-corrected chi connectivity index (χ4v) is 1.98. The van der Waals surface area contributed by atoms with E-state index in [1.54, 1.807) is 6.20 Å². The summed E-state index contributed by atoms with van der Waals surface area (Å²) < 4.78 is 1.82. The van der Waals surface area contributed by atoms with Crippen LogP contribution in [0.3, 0.4) is 0 Å². The van der Waals surface area contributed by atoms with Gasteiger partial charge in [0.25, 0.3) is 0 Å². The maximum Gasteiger partial charge on any atom is 0.307 e. The maximum absolute atomic E-state index is 5.84. The smallest absolute Gasteiger partial charge is 0.307 e. The summed E-state index contributed by atoms with van der Waals surface area (Å²) in [6.45, 7) is 0. The van der Waals surface area contributed by atoms with Crippen LogP contribution in [0.2, 0.25) is 0 Å². The van der Waals surface area contributed by atoms with Gasteiger partial charge in [0, 0.05) is 0 Å². The van der Waals surface area contributed by atoms with Gasteiger partial charge in [-0.05, 0) is 24.3 Å². The molecule has 20 heavy (non-hydrogen) atoms.